The number of thioether (sulfide) groups is 1. The maximum Gasteiger partial charge on any atom is 0.412 e. The highest BCUT2D eigenvalue weighted by Gasteiger charge is 2.60. The zero-order chi connectivity index (χ0) is 39.6. The van der Waals surface area contributed by atoms with Crippen molar-refractivity contribution in [2.24, 2.45) is 16.8 Å². The minimum Gasteiger partial charge on any atom is -0.456 e. The average molecular weight is 780 g/mol. The summed E-state index contributed by atoms with van der Waals surface area (Å²) in [5.41, 5.74) is 1.09. The number of alkyl carbamates (subject to hydrolysis) is 1. The summed E-state index contributed by atoms with van der Waals surface area (Å²) in [7, 11) is 1.87. The molecule has 0 bridgehead atoms. The van der Waals surface area contributed by atoms with Gasteiger partial charge in [-0.05, 0) is 62.2 Å². The number of nitro groups is 2. The lowest BCUT2D eigenvalue weighted by Gasteiger charge is -2.46. The molecule has 3 fully saturated rings. The molecule has 292 valence electrons. The van der Waals surface area contributed by atoms with E-state index in [1.54, 1.807) is 11.8 Å². The van der Waals surface area contributed by atoms with Crippen LogP contribution in [-0.4, -0.2) is 116 Å². The molecule has 2 aromatic carbocycles. The number of aliphatic imine (C=N–C) groups is 1. The summed E-state index contributed by atoms with van der Waals surface area (Å²) in [6.07, 6.45) is 0.679. The van der Waals surface area contributed by atoms with E-state index in [1.165, 1.54) is 71.5 Å². The Morgan fingerprint density at radius 2 is 1.62 bits per heavy atom. The number of aliphatic hydroxyl groups is 1. The van der Waals surface area contributed by atoms with Crippen molar-refractivity contribution in [1.82, 2.24) is 20.0 Å². The molecule has 19 heteroatoms. The molecule has 7 atom stereocenters. The van der Waals surface area contributed by atoms with Crippen molar-refractivity contribution in [2.45, 2.75) is 69.4 Å². The van der Waals surface area contributed by atoms with Crippen LogP contribution in [0.5, 0.6) is 0 Å². The number of rotatable bonds is 13. The number of hydrogen-bond acceptors (Lipinski definition) is 14. The fourth-order valence-electron chi connectivity index (χ4n) is 7.48. The van der Waals surface area contributed by atoms with Crippen LogP contribution < -0.4 is 5.32 Å². The van der Waals surface area contributed by atoms with Crippen molar-refractivity contribution in [3.05, 3.63) is 90.5 Å². The molecule has 0 unspecified atom stereocenters. The Labute approximate surface area is 319 Å². The number of esters is 1. The summed E-state index contributed by atoms with van der Waals surface area (Å²) >= 11 is 1.45. The van der Waals surface area contributed by atoms with Crippen LogP contribution in [0, 0.1) is 32.1 Å². The minimum atomic E-state index is -0.912. The van der Waals surface area contributed by atoms with Gasteiger partial charge in [-0.15, -0.1) is 11.8 Å². The quantitative estimate of drug-likeness (QED) is 0.0746. The fourth-order valence-corrected chi connectivity index (χ4v) is 9.08. The smallest absolute Gasteiger partial charge is 0.412 e. The van der Waals surface area contributed by atoms with Crippen molar-refractivity contribution in [3.63, 3.8) is 0 Å². The van der Waals surface area contributed by atoms with Gasteiger partial charge in [0.1, 0.15) is 18.9 Å². The second-order valence-electron chi connectivity index (χ2n) is 14.0. The molecule has 0 spiro atoms. The lowest BCUT2D eigenvalue weighted by molar-refractivity contribution is -0.385. The predicted octanol–water partition coefficient (Wildman–Crippen LogP) is 2.98. The number of amides is 3. The van der Waals surface area contributed by atoms with E-state index < -0.39 is 46.0 Å². The highest BCUT2D eigenvalue weighted by atomic mass is 32.2. The van der Waals surface area contributed by atoms with Crippen molar-refractivity contribution >= 4 is 53.4 Å². The zero-order valence-corrected chi connectivity index (χ0v) is 31.1. The van der Waals surface area contributed by atoms with Gasteiger partial charge in [-0.3, -0.25) is 45.0 Å². The van der Waals surface area contributed by atoms with Crippen molar-refractivity contribution < 1.29 is 43.6 Å². The van der Waals surface area contributed by atoms with Gasteiger partial charge < -0.3 is 24.4 Å². The normalized spacial score (nSPS) is 25.5. The number of benzene rings is 2. The summed E-state index contributed by atoms with van der Waals surface area (Å²) in [4.78, 5) is 83.7. The van der Waals surface area contributed by atoms with E-state index in [4.69, 9.17) is 9.47 Å². The Morgan fingerprint density at radius 1 is 1.02 bits per heavy atom. The predicted molar refractivity (Wildman–Crippen MR) is 197 cm³/mol. The molecule has 4 heterocycles. The molecule has 4 aliphatic heterocycles. The van der Waals surface area contributed by atoms with E-state index in [0.717, 1.165) is 0 Å². The van der Waals surface area contributed by atoms with E-state index >= 15 is 0 Å². The number of carbonyl (C=O) groups excluding carboxylic acids is 4. The number of nitrogens with zero attached hydrogens (tertiary/aromatic N) is 6. The second kappa shape index (κ2) is 16.5. The van der Waals surface area contributed by atoms with Crippen molar-refractivity contribution in [3.8, 4) is 0 Å². The van der Waals surface area contributed by atoms with E-state index in [1.807, 2.05) is 18.9 Å². The first-order valence-electron chi connectivity index (χ1n) is 17.7. The molecule has 0 aliphatic carbocycles. The number of likely N-dealkylation sites (tertiary alicyclic amines) is 2. The van der Waals surface area contributed by atoms with Crippen LogP contribution in [0.25, 0.3) is 0 Å². The summed E-state index contributed by atoms with van der Waals surface area (Å²) in [5.74, 6) is -2.05. The molecule has 0 saturated carbocycles. The fraction of sp³-hybridized carbons (Fsp3) is 0.472. The SMILES string of the molecule is C[C@@H](O)[C@H]1C(=O)N2C(C(=O)OCc3ccc([N+](=O)[O-])cc3)=C(S[C@H]3C[C@@H](C(=O)N4CC[C@H](N=CNC(=O)OCc5ccc([N+](=O)[O-])cc5)C4)N(C)C3)[C@H](C)[C@H]12. The van der Waals surface area contributed by atoms with E-state index in [2.05, 4.69) is 10.3 Å². The van der Waals surface area contributed by atoms with Gasteiger partial charge in [0, 0.05) is 60.0 Å². The van der Waals surface area contributed by atoms with Gasteiger partial charge in [0.05, 0.1) is 46.3 Å². The van der Waals surface area contributed by atoms with Gasteiger partial charge in [-0.2, -0.15) is 0 Å². The summed E-state index contributed by atoms with van der Waals surface area (Å²) < 4.78 is 10.8. The molecule has 2 N–H and O–H groups in total. The van der Waals surface area contributed by atoms with Crippen LogP contribution in [0.1, 0.15) is 37.8 Å². The number of carbonyl (C=O) groups is 4. The van der Waals surface area contributed by atoms with Gasteiger partial charge in [0.2, 0.25) is 11.8 Å². The lowest BCUT2D eigenvalue weighted by atomic mass is 9.79. The van der Waals surface area contributed by atoms with E-state index in [-0.39, 0.29) is 59.3 Å². The third-order valence-electron chi connectivity index (χ3n) is 10.4. The third kappa shape index (κ3) is 8.47. The topological polar surface area (TPSA) is 227 Å². The zero-order valence-electron chi connectivity index (χ0n) is 30.3. The molecular weight excluding hydrogens is 739 g/mol. The molecule has 0 aromatic heterocycles. The molecule has 6 rings (SSSR count). The number of nitro benzene ring substituents is 2. The maximum atomic E-state index is 13.7. The van der Waals surface area contributed by atoms with E-state index in [0.29, 0.717) is 48.5 Å². The first-order chi connectivity index (χ1) is 26.2. The number of likely N-dealkylation sites (N-methyl/N-ethyl adjacent to an activating group) is 1. The molecule has 55 heavy (non-hydrogen) atoms. The summed E-state index contributed by atoms with van der Waals surface area (Å²) in [6.45, 7) is 4.62. The van der Waals surface area contributed by atoms with Crippen LogP contribution in [0.15, 0.2) is 64.1 Å². The van der Waals surface area contributed by atoms with Gasteiger partial charge in [0.25, 0.3) is 11.4 Å². The van der Waals surface area contributed by atoms with Gasteiger partial charge in [-0.25, -0.2) is 9.59 Å². The number of aliphatic hydroxyl groups excluding tert-OH is 1. The van der Waals surface area contributed by atoms with Crippen LogP contribution in [-0.2, 0) is 37.1 Å². The van der Waals surface area contributed by atoms with Crippen molar-refractivity contribution in [1.29, 1.82) is 0 Å². The van der Waals surface area contributed by atoms with Crippen LogP contribution in [0.3, 0.4) is 0 Å². The Kier molecular flexibility index (Phi) is 11.8. The van der Waals surface area contributed by atoms with Crippen LogP contribution in [0.2, 0.25) is 0 Å². The number of ether oxygens (including phenoxy) is 2. The first-order valence-corrected chi connectivity index (χ1v) is 18.6. The molecule has 3 saturated heterocycles. The summed E-state index contributed by atoms with van der Waals surface area (Å²) in [6, 6.07) is 10.2. The third-order valence-corrected chi connectivity index (χ3v) is 11.9. The van der Waals surface area contributed by atoms with Crippen LogP contribution in [0.4, 0.5) is 16.2 Å². The van der Waals surface area contributed by atoms with Gasteiger partial charge in [0.15, 0.2) is 0 Å². The molecular formula is C36H41N7O11S. The Balaban J connectivity index is 1.03. The standard InChI is InChI=1S/C36H41N7O11S/c1-20-30-29(21(2)44)34(46)41(30)31(35(47)53-17-22-4-8-25(9-5-22)42(49)50)32(20)55-27-14-28(39(3)16-27)33(45)40-13-12-24(15-40)37-19-38-36(48)54-18-23-6-10-26(11-7-23)43(51)52/h4-11,19-21,24,27-30,44H,12-18H2,1-3H3,(H,37,38,48)/t20-,21-,24+,27+,28+,29-,30-/m1/s1. The average Bonchev–Trinajstić information content (AvgIpc) is 3.84. The number of hydrogen-bond donors (Lipinski definition) is 2. The molecule has 2 aromatic rings. The first kappa shape index (κ1) is 39.3. The van der Waals surface area contributed by atoms with E-state index in [9.17, 15) is 44.5 Å². The Hall–Kier alpha value is -5.40. The molecule has 4 aliphatic rings. The minimum absolute atomic E-state index is 0.0527. The highest BCUT2D eigenvalue weighted by molar-refractivity contribution is 8.03. The number of β-lactam (4-membered cyclic amide) rings is 1. The number of non-ortho nitro benzene ring substituents is 2. The van der Waals surface area contributed by atoms with Crippen molar-refractivity contribution in [2.75, 3.05) is 26.7 Å². The van der Waals surface area contributed by atoms with Crippen LogP contribution >= 0.6 is 11.8 Å². The molecule has 3 amide bonds. The second-order valence-corrected chi connectivity index (χ2v) is 15.4. The monoisotopic (exact) mass is 779 g/mol. The molecule has 18 nitrogen and oxygen atoms in total. The van der Waals surface area contributed by atoms with Gasteiger partial charge in [-0.1, -0.05) is 6.92 Å². The maximum absolute atomic E-state index is 13.7. The number of nitrogens with one attached hydrogen (secondary N) is 1. The van der Waals surface area contributed by atoms with Gasteiger partial charge >= 0.3 is 12.1 Å². The Bertz CT molecular complexity index is 1910. The Morgan fingerprint density at radius 3 is 2.20 bits per heavy atom. The highest BCUT2D eigenvalue weighted by Crippen LogP contribution is 2.52. The lowest BCUT2D eigenvalue weighted by Crippen LogP contribution is -2.63. The molecule has 0 radical (unpaired) electrons. The number of fused-ring (bicyclic) bond motifs is 1. The largest absolute Gasteiger partial charge is 0.456 e. The summed E-state index contributed by atoms with van der Waals surface area (Å²) in [5, 5.41) is 34.6.